The monoisotopic (exact) mass is 487 g/mol. The van der Waals surface area contributed by atoms with Crippen molar-refractivity contribution in [2.24, 2.45) is 0 Å². The third-order valence-electron chi connectivity index (χ3n) is 6.03. The molecule has 2 heterocycles. The number of carbonyl (C=O) groups is 2. The average molecular weight is 488 g/mol. The van der Waals surface area contributed by atoms with Gasteiger partial charge < -0.3 is 9.30 Å². The van der Waals surface area contributed by atoms with E-state index in [1.807, 2.05) is 18.4 Å². The van der Waals surface area contributed by atoms with Crippen LogP contribution in [0.15, 0.2) is 72.0 Å². The van der Waals surface area contributed by atoms with Crippen molar-refractivity contribution in [1.82, 2.24) is 14.1 Å². The molecule has 0 saturated carbocycles. The van der Waals surface area contributed by atoms with Crippen molar-refractivity contribution < 1.29 is 18.7 Å². The van der Waals surface area contributed by atoms with Gasteiger partial charge in [0, 0.05) is 29.9 Å². The Balaban J connectivity index is 1.51. The third kappa shape index (κ3) is 5.02. The normalized spacial score (nSPS) is 11.0. The Labute approximate surface area is 207 Å². The number of esters is 1. The number of ether oxygens (including phenoxy) is 1. The highest BCUT2D eigenvalue weighted by Gasteiger charge is 2.18. The number of ketones is 1. The van der Waals surface area contributed by atoms with E-state index >= 15 is 0 Å². The molecular weight excluding hydrogens is 461 g/mol. The Morgan fingerprint density at radius 1 is 1.11 bits per heavy atom. The number of carbonyl (C=O) groups excluding carboxylic acids is 2. The molecule has 0 unspecified atom stereocenters. The molecule has 7 nitrogen and oxygen atoms in total. The second-order valence-electron chi connectivity index (χ2n) is 8.43. The van der Waals surface area contributed by atoms with Crippen molar-refractivity contribution in [3.05, 3.63) is 106 Å². The minimum Gasteiger partial charge on any atom is -0.457 e. The van der Waals surface area contributed by atoms with Gasteiger partial charge in [-0.05, 0) is 56.3 Å². The Morgan fingerprint density at radius 3 is 2.56 bits per heavy atom. The van der Waals surface area contributed by atoms with Crippen molar-refractivity contribution in [2.75, 3.05) is 6.61 Å². The third-order valence-corrected chi connectivity index (χ3v) is 6.03. The molecule has 0 atom stereocenters. The van der Waals surface area contributed by atoms with Crippen molar-refractivity contribution in [2.45, 2.75) is 33.2 Å². The van der Waals surface area contributed by atoms with Gasteiger partial charge in [-0.25, -0.2) is 9.37 Å². The standard InChI is InChI=1S/C28H26FN3O4/c1-4-15-31-18(2)16-23(19(31)3)25(33)17-36-27(34)14-13-26-30-24-8-6-5-7-22(24)28(35)32(26)21-11-9-20(29)10-12-21/h4-12,16H,1,13-15,17H2,2-3H3. The van der Waals surface area contributed by atoms with Gasteiger partial charge in [-0.2, -0.15) is 0 Å². The number of hydrogen-bond donors (Lipinski definition) is 0. The summed E-state index contributed by atoms with van der Waals surface area (Å²) >= 11 is 0. The Hall–Kier alpha value is -4.33. The first-order valence-corrected chi connectivity index (χ1v) is 11.5. The van der Waals surface area contributed by atoms with Gasteiger partial charge in [0.25, 0.3) is 5.56 Å². The van der Waals surface area contributed by atoms with E-state index in [-0.39, 0.29) is 30.8 Å². The van der Waals surface area contributed by atoms with E-state index in [4.69, 9.17) is 4.74 Å². The molecule has 0 spiro atoms. The summed E-state index contributed by atoms with van der Waals surface area (Å²) in [6, 6.07) is 14.1. The zero-order valence-corrected chi connectivity index (χ0v) is 20.2. The molecule has 4 aromatic rings. The summed E-state index contributed by atoms with van der Waals surface area (Å²) in [6.45, 7) is 7.67. The van der Waals surface area contributed by atoms with Crippen LogP contribution in [0.3, 0.4) is 0 Å². The highest BCUT2D eigenvalue weighted by atomic mass is 19.1. The Bertz CT molecular complexity index is 1520. The predicted molar refractivity (Wildman–Crippen MR) is 135 cm³/mol. The van der Waals surface area contributed by atoms with Crippen LogP contribution >= 0.6 is 0 Å². The Kier molecular flexibility index (Phi) is 7.24. The first-order valence-electron chi connectivity index (χ1n) is 11.5. The lowest BCUT2D eigenvalue weighted by Gasteiger charge is -2.13. The minimum atomic E-state index is -0.587. The molecule has 2 aromatic carbocycles. The van der Waals surface area contributed by atoms with E-state index in [1.165, 1.54) is 28.8 Å². The van der Waals surface area contributed by atoms with Crippen LogP contribution in [0.1, 0.15) is 34.0 Å². The van der Waals surface area contributed by atoms with Crippen LogP contribution in [0.2, 0.25) is 0 Å². The fraction of sp³-hybridized carbons (Fsp3) is 0.214. The highest BCUT2D eigenvalue weighted by molar-refractivity contribution is 5.99. The van der Waals surface area contributed by atoms with Gasteiger partial charge >= 0.3 is 5.97 Å². The lowest BCUT2D eigenvalue weighted by atomic mass is 10.1. The first kappa shape index (κ1) is 24.8. The zero-order chi connectivity index (χ0) is 25.8. The molecule has 184 valence electrons. The summed E-state index contributed by atoms with van der Waals surface area (Å²) in [4.78, 5) is 43.0. The second-order valence-corrected chi connectivity index (χ2v) is 8.43. The van der Waals surface area contributed by atoms with Crippen LogP contribution in [-0.2, 0) is 22.5 Å². The molecule has 8 heteroatoms. The number of aromatic nitrogens is 3. The van der Waals surface area contributed by atoms with Crippen molar-refractivity contribution in [1.29, 1.82) is 0 Å². The summed E-state index contributed by atoms with van der Waals surface area (Å²) in [5, 5.41) is 0.410. The van der Waals surface area contributed by atoms with Gasteiger partial charge in [-0.3, -0.25) is 19.0 Å². The summed E-state index contributed by atoms with van der Waals surface area (Å²) < 4.78 is 22.0. The fourth-order valence-corrected chi connectivity index (χ4v) is 4.21. The molecule has 0 aliphatic rings. The zero-order valence-electron chi connectivity index (χ0n) is 20.2. The number of fused-ring (bicyclic) bond motifs is 1. The number of rotatable bonds is 9. The molecule has 0 N–H and O–H groups in total. The van der Waals surface area contributed by atoms with E-state index < -0.39 is 11.8 Å². The van der Waals surface area contributed by atoms with Crippen LogP contribution in [0, 0.1) is 19.7 Å². The largest absolute Gasteiger partial charge is 0.457 e. The van der Waals surface area contributed by atoms with Crippen LogP contribution < -0.4 is 5.56 Å². The number of hydrogen-bond acceptors (Lipinski definition) is 5. The van der Waals surface area contributed by atoms with Crippen molar-refractivity contribution in [3.8, 4) is 5.69 Å². The summed E-state index contributed by atoms with van der Waals surface area (Å²) in [7, 11) is 0. The van der Waals surface area contributed by atoms with Crippen LogP contribution in [0.25, 0.3) is 16.6 Å². The maximum absolute atomic E-state index is 13.5. The number of benzene rings is 2. The molecule has 0 saturated heterocycles. The first-order chi connectivity index (χ1) is 17.3. The van der Waals surface area contributed by atoms with Gasteiger partial charge in [0.15, 0.2) is 6.61 Å². The molecule has 0 radical (unpaired) electrons. The van der Waals surface area contributed by atoms with Crippen LogP contribution in [0.4, 0.5) is 4.39 Å². The Morgan fingerprint density at radius 2 is 1.83 bits per heavy atom. The maximum Gasteiger partial charge on any atom is 0.306 e. The summed E-state index contributed by atoms with van der Waals surface area (Å²) in [6.07, 6.45) is 1.76. The summed E-state index contributed by atoms with van der Waals surface area (Å²) in [5.74, 6) is -0.975. The SMILES string of the molecule is C=CCn1c(C)cc(C(=O)COC(=O)CCc2nc3ccccc3c(=O)n2-c2ccc(F)cc2)c1C. The summed E-state index contributed by atoms with van der Waals surface area (Å²) in [5.41, 5.74) is 2.83. The van der Waals surface area contributed by atoms with Gasteiger partial charge in [0.05, 0.1) is 23.0 Å². The minimum absolute atomic E-state index is 0.0886. The van der Waals surface area contributed by atoms with Gasteiger partial charge in [0.1, 0.15) is 11.6 Å². The van der Waals surface area contributed by atoms with E-state index in [1.54, 1.807) is 36.4 Å². The molecule has 0 aliphatic carbocycles. The molecule has 0 aliphatic heterocycles. The number of allylic oxidation sites excluding steroid dienone is 1. The fourth-order valence-electron chi connectivity index (χ4n) is 4.21. The smallest absolute Gasteiger partial charge is 0.306 e. The number of aryl methyl sites for hydroxylation is 2. The number of para-hydroxylation sites is 1. The molecule has 0 bridgehead atoms. The highest BCUT2D eigenvalue weighted by Crippen LogP contribution is 2.17. The number of halogens is 1. The lowest BCUT2D eigenvalue weighted by Crippen LogP contribution is -2.25. The molecular formula is C28H26FN3O4. The molecule has 36 heavy (non-hydrogen) atoms. The maximum atomic E-state index is 13.5. The number of nitrogens with zero attached hydrogens (tertiary/aromatic N) is 3. The molecule has 2 aromatic heterocycles. The van der Waals surface area contributed by atoms with Gasteiger partial charge in [0.2, 0.25) is 5.78 Å². The average Bonchev–Trinajstić information content (AvgIpc) is 3.15. The molecule has 4 rings (SSSR count). The number of Topliss-reactive ketones (excluding diaryl/α,β-unsaturated/α-hetero) is 1. The topological polar surface area (TPSA) is 83.2 Å². The van der Waals surface area contributed by atoms with Gasteiger partial charge in [-0.15, -0.1) is 6.58 Å². The quantitative estimate of drug-likeness (QED) is 0.197. The van der Waals surface area contributed by atoms with Crippen LogP contribution in [0.5, 0.6) is 0 Å². The van der Waals surface area contributed by atoms with Crippen molar-refractivity contribution >= 4 is 22.7 Å². The van der Waals surface area contributed by atoms with Crippen molar-refractivity contribution in [3.63, 3.8) is 0 Å². The molecule has 0 amide bonds. The van der Waals surface area contributed by atoms with Crippen LogP contribution in [-0.4, -0.2) is 32.5 Å². The predicted octanol–water partition coefficient (Wildman–Crippen LogP) is 4.49. The van der Waals surface area contributed by atoms with E-state index in [0.717, 1.165) is 11.4 Å². The second kappa shape index (κ2) is 10.5. The lowest BCUT2D eigenvalue weighted by molar-refractivity contribution is -0.142. The van der Waals surface area contributed by atoms with E-state index in [2.05, 4.69) is 11.6 Å². The van der Waals surface area contributed by atoms with E-state index in [9.17, 15) is 18.8 Å². The molecule has 0 fully saturated rings. The van der Waals surface area contributed by atoms with Gasteiger partial charge in [-0.1, -0.05) is 18.2 Å². The van der Waals surface area contributed by atoms with E-state index in [0.29, 0.717) is 34.5 Å².